The van der Waals surface area contributed by atoms with E-state index in [0.717, 1.165) is 64.1 Å². The van der Waals surface area contributed by atoms with Crippen molar-refractivity contribution >= 4 is 22.4 Å². The minimum atomic E-state index is -0.270. The maximum Gasteiger partial charge on any atom is 0.241 e. The van der Waals surface area contributed by atoms with E-state index in [0.29, 0.717) is 19.0 Å². The first-order chi connectivity index (χ1) is 17.2. The molecule has 1 amide bonds. The number of amides is 1. The Hall–Kier alpha value is -2.76. The highest BCUT2D eigenvalue weighted by atomic mass is 19.1. The minimum absolute atomic E-state index is 0.115. The Kier molecular flexibility index (Phi) is 7.75. The van der Waals surface area contributed by atoms with Crippen molar-refractivity contribution in [2.24, 2.45) is 0 Å². The van der Waals surface area contributed by atoms with E-state index in [4.69, 9.17) is 0 Å². The van der Waals surface area contributed by atoms with E-state index >= 15 is 0 Å². The fourth-order valence-corrected chi connectivity index (χ4v) is 5.61. The summed E-state index contributed by atoms with van der Waals surface area (Å²) < 4.78 is 13.5. The lowest BCUT2D eigenvalue weighted by Crippen LogP contribution is -2.46. The van der Waals surface area contributed by atoms with Crippen molar-refractivity contribution < 1.29 is 9.18 Å². The number of nitrogens with zero attached hydrogens (tertiary/aromatic N) is 3. The molecule has 0 aromatic heterocycles. The van der Waals surface area contributed by atoms with Gasteiger partial charge in [-0.05, 0) is 98.4 Å². The number of carbonyl (C=O) groups is 1. The zero-order chi connectivity index (χ0) is 24.0. The molecule has 2 aliphatic rings. The topological polar surface area (TPSA) is 26.8 Å². The van der Waals surface area contributed by atoms with E-state index in [1.807, 2.05) is 4.90 Å². The molecule has 0 aliphatic carbocycles. The highest BCUT2D eigenvalue weighted by molar-refractivity contribution is 5.94. The van der Waals surface area contributed by atoms with Crippen LogP contribution < -0.4 is 4.90 Å². The number of fused-ring (bicyclic) bond motifs is 1. The normalized spacial score (nSPS) is 18.1. The van der Waals surface area contributed by atoms with Crippen LogP contribution in [0.3, 0.4) is 0 Å². The second kappa shape index (κ2) is 11.3. The number of halogens is 1. The lowest BCUT2D eigenvalue weighted by atomic mass is 9.88. The number of piperidine rings is 2. The zero-order valence-corrected chi connectivity index (χ0v) is 20.5. The SMILES string of the molecule is O=C(CN1CCCCC1)N(CCN1CCC(c2ccc3ccccc3c2)CC1)c1ccc(F)cc1. The molecule has 2 saturated heterocycles. The Balaban J connectivity index is 1.19. The molecule has 0 radical (unpaired) electrons. The molecule has 5 heteroatoms. The predicted octanol–water partition coefficient (Wildman–Crippen LogP) is 5.68. The van der Waals surface area contributed by atoms with Crippen molar-refractivity contribution in [2.75, 3.05) is 50.7 Å². The van der Waals surface area contributed by atoms with Gasteiger partial charge >= 0.3 is 0 Å². The highest BCUT2D eigenvalue weighted by Crippen LogP contribution is 2.30. The van der Waals surface area contributed by atoms with Crippen LogP contribution in [0.5, 0.6) is 0 Å². The van der Waals surface area contributed by atoms with Crippen LogP contribution in [-0.2, 0) is 4.79 Å². The first kappa shape index (κ1) is 24.0. The molecule has 0 unspecified atom stereocenters. The van der Waals surface area contributed by atoms with E-state index in [1.54, 1.807) is 12.1 Å². The molecule has 3 aromatic rings. The Morgan fingerprint density at radius 1 is 0.829 bits per heavy atom. The fraction of sp³-hybridized carbons (Fsp3) is 0.433. The molecule has 35 heavy (non-hydrogen) atoms. The summed E-state index contributed by atoms with van der Waals surface area (Å²) in [5.41, 5.74) is 2.23. The third-order valence-corrected chi connectivity index (χ3v) is 7.72. The van der Waals surface area contributed by atoms with Gasteiger partial charge in [-0.3, -0.25) is 9.69 Å². The van der Waals surface area contributed by atoms with Gasteiger partial charge in [-0.25, -0.2) is 4.39 Å². The summed E-state index contributed by atoms with van der Waals surface area (Å²) in [7, 11) is 0. The molecule has 2 heterocycles. The molecule has 4 nitrogen and oxygen atoms in total. The highest BCUT2D eigenvalue weighted by Gasteiger charge is 2.24. The molecule has 184 valence electrons. The summed E-state index contributed by atoms with van der Waals surface area (Å²) in [6.07, 6.45) is 5.85. The smallest absolute Gasteiger partial charge is 0.241 e. The molecule has 0 saturated carbocycles. The number of likely N-dealkylation sites (tertiary alicyclic amines) is 2. The van der Waals surface area contributed by atoms with Gasteiger partial charge in [0.25, 0.3) is 0 Å². The lowest BCUT2D eigenvalue weighted by molar-refractivity contribution is -0.120. The summed E-state index contributed by atoms with van der Waals surface area (Å²) in [5.74, 6) is 0.433. The Morgan fingerprint density at radius 3 is 2.29 bits per heavy atom. The summed E-state index contributed by atoms with van der Waals surface area (Å²) in [6.45, 7) is 5.98. The Labute approximate surface area is 208 Å². The summed E-state index contributed by atoms with van der Waals surface area (Å²) in [6, 6.07) is 21.8. The van der Waals surface area contributed by atoms with Crippen LogP contribution in [0.15, 0.2) is 66.7 Å². The van der Waals surface area contributed by atoms with Crippen LogP contribution in [-0.4, -0.2) is 61.5 Å². The molecular weight excluding hydrogens is 437 g/mol. The van der Waals surface area contributed by atoms with Gasteiger partial charge in [-0.1, -0.05) is 48.9 Å². The van der Waals surface area contributed by atoms with Crippen molar-refractivity contribution in [1.29, 1.82) is 0 Å². The van der Waals surface area contributed by atoms with Gasteiger partial charge in [0.1, 0.15) is 5.82 Å². The van der Waals surface area contributed by atoms with Crippen molar-refractivity contribution in [2.45, 2.75) is 38.0 Å². The van der Waals surface area contributed by atoms with Crippen molar-refractivity contribution in [3.05, 3.63) is 78.1 Å². The van der Waals surface area contributed by atoms with Gasteiger partial charge in [-0.15, -0.1) is 0 Å². The summed E-state index contributed by atoms with van der Waals surface area (Å²) in [4.78, 5) is 19.9. The number of anilines is 1. The van der Waals surface area contributed by atoms with Crippen LogP contribution in [0.2, 0.25) is 0 Å². The first-order valence-corrected chi connectivity index (χ1v) is 13.1. The Bertz CT molecular complexity index is 1120. The van der Waals surface area contributed by atoms with Crippen LogP contribution in [0.25, 0.3) is 10.8 Å². The largest absolute Gasteiger partial charge is 0.310 e. The van der Waals surface area contributed by atoms with Gasteiger partial charge in [0, 0.05) is 18.8 Å². The molecule has 0 atom stereocenters. The third-order valence-electron chi connectivity index (χ3n) is 7.72. The van der Waals surface area contributed by atoms with Gasteiger partial charge in [-0.2, -0.15) is 0 Å². The Morgan fingerprint density at radius 2 is 1.54 bits per heavy atom. The van der Waals surface area contributed by atoms with Crippen LogP contribution in [0.1, 0.15) is 43.6 Å². The second-order valence-corrected chi connectivity index (χ2v) is 10.1. The fourth-order valence-electron chi connectivity index (χ4n) is 5.61. The quantitative estimate of drug-likeness (QED) is 0.442. The van der Waals surface area contributed by atoms with Crippen LogP contribution in [0, 0.1) is 5.82 Å². The number of benzene rings is 3. The average molecular weight is 474 g/mol. The molecule has 0 N–H and O–H groups in total. The van der Waals surface area contributed by atoms with Gasteiger partial charge in [0.15, 0.2) is 0 Å². The van der Waals surface area contributed by atoms with Gasteiger partial charge < -0.3 is 9.80 Å². The lowest BCUT2D eigenvalue weighted by Gasteiger charge is -2.35. The standard InChI is InChI=1S/C30H36FN3O/c31-28-10-12-29(13-11-28)34(30(35)23-33-16-4-1-5-17-33)21-20-32-18-14-25(15-19-32)27-9-8-24-6-2-3-7-26(24)22-27/h2-3,6-13,22,25H,1,4-5,14-21,23H2. The predicted molar refractivity (Wildman–Crippen MR) is 141 cm³/mol. The number of carbonyl (C=O) groups excluding carboxylic acids is 1. The van der Waals surface area contributed by atoms with Gasteiger partial charge in [0.05, 0.1) is 6.54 Å². The van der Waals surface area contributed by atoms with E-state index in [1.165, 1.54) is 34.9 Å². The molecular formula is C30H36FN3O. The maximum absolute atomic E-state index is 13.5. The molecule has 2 fully saturated rings. The zero-order valence-electron chi connectivity index (χ0n) is 20.5. The second-order valence-electron chi connectivity index (χ2n) is 10.1. The molecule has 0 spiro atoms. The van der Waals surface area contributed by atoms with Crippen molar-refractivity contribution in [1.82, 2.24) is 9.80 Å². The molecule has 0 bridgehead atoms. The molecule has 5 rings (SSSR count). The summed E-state index contributed by atoms with van der Waals surface area (Å²) >= 11 is 0. The van der Waals surface area contributed by atoms with Gasteiger partial charge in [0.2, 0.25) is 5.91 Å². The summed E-state index contributed by atoms with van der Waals surface area (Å²) in [5, 5.41) is 2.61. The molecule has 2 aliphatic heterocycles. The van der Waals surface area contributed by atoms with E-state index in [-0.39, 0.29) is 11.7 Å². The van der Waals surface area contributed by atoms with Crippen molar-refractivity contribution in [3.63, 3.8) is 0 Å². The van der Waals surface area contributed by atoms with Crippen LogP contribution in [0.4, 0.5) is 10.1 Å². The van der Waals surface area contributed by atoms with Crippen LogP contribution >= 0.6 is 0 Å². The van der Waals surface area contributed by atoms with E-state index < -0.39 is 0 Å². The maximum atomic E-state index is 13.5. The molecule has 3 aromatic carbocycles. The first-order valence-electron chi connectivity index (χ1n) is 13.1. The average Bonchev–Trinajstić information content (AvgIpc) is 2.90. The van der Waals surface area contributed by atoms with Crippen molar-refractivity contribution in [3.8, 4) is 0 Å². The number of rotatable bonds is 7. The van der Waals surface area contributed by atoms with E-state index in [2.05, 4.69) is 52.3 Å². The van der Waals surface area contributed by atoms with E-state index in [9.17, 15) is 9.18 Å². The number of hydrogen-bond acceptors (Lipinski definition) is 3. The third kappa shape index (κ3) is 6.09. The number of hydrogen-bond donors (Lipinski definition) is 0. The monoisotopic (exact) mass is 473 g/mol. The minimum Gasteiger partial charge on any atom is -0.310 e.